The molecule has 2 rings (SSSR count). The number of fused-ring (bicyclic) bond motifs is 1. The second-order valence-corrected chi connectivity index (χ2v) is 4.69. The maximum absolute atomic E-state index is 10.7. The van der Waals surface area contributed by atoms with Gasteiger partial charge in [-0.1, -0.05) is 49.4 Å². The van der Waals surface area contributed by atoms with E-state index in [4.69, 9.17) is 5.11 Å². The number of carbonyl (C=O) groups is 1. The molecular formula is C16H19NO2. The first kappa shape index (κ1) is 13.6. The Morgan fingerprint density at radius 3 is 2.58 bits per heavy atom. The molecule has 0 fully saturated rings. The summed E-state index contributed by atoms with van der Waals surface area (Å²) in [5.41, 5.74) is 1.25. The van der Waals surface area contributed by atoms with Crippen LogP contribution < -0.4 is 0 Å². The molecule has 0 aromatic heterocycles. The summed E-state index contributed by atoms with van der Waals surface area (Å²) in [4.78, 5) is 12.7. The van der Waals surface area contributed by atoms with Gasteiger partial charge in [0.2, 0.25) is 0 Å². The molecule has 0 amide bonds. The van der Waals surface area contributed by atoms with Crippen LogP contribution in [0.15, 0.2) is 42.5 Å². The summed E-state index contributed by atoms with van der Waals surface area (Å²) in [6.07, 6.45) is 0.881. The maximum atomic E-state index is 10.7. The molecule has 2 aromatic rings. The lowest BCUT2D eigenvalue weighted by molar-refractivity contribution is -0.138. The SMILES string of the molecule is CCN(CCc1ccc2ccccc2c1)CC(=O)O. The zero-order chi connectivity index (χ0) is 13.7. The van der Waals surface area contributed by atoms with Gasteiger partial charge in [0.15, 0.2) is 0 Å². The number of benzene rings is 2. The van der Waals surface area contributed by atoms with Gasteiger partial charge < -0.3 is 5.11 Å². The number of nitrogens with zero attached hydrogens (tertiary/aromatic N) is 1. The molecule has 0 spiro atoms. The number of carboxylic acid groups (broad SMARTS) is 1. The Morgan fingerprint density at radius 1 is 1.16 bits per heavy atom. The van der Waals surface area contributed by atoms with Crippen LogP contribution in [0.4, 0.5) is 0 Å². The minimum atomic E-state index is -0.764. The van der Waals surface area contributed by atoms with E-state index in [1.807, 2.05) is 24.0 Å². The molecule has 0 radical (unpaired) electrons. The summed E-state index contributed by atoms with van der Waals surface area (Å²) >= 11 is 0. The van der Waals surface area contributed by atoms with Crippen molar-refractivity contribution in [2.75, 3.05) is 19.6 Å². The molecule has 0 heterocycles. The van der Waals surface area contributed by atoms with E-state index in [1.165, 1.54) is 16.3 Å². The highest BCUT2D eigenvalue weighted by Crippen LogP contribution is 2.16. The van der Waals surface area contributed by atoms with Gasteiger partial charge in [0, 0.05) is 6.54 Å². The first-order chi connectivity index (χ1) is 9.19. The van der Waals surface area contributed by atoms with Crippen molar-refractivity contribution in [2.45, 2.75) is 13.3 Å². The summed E-state index contributed by atoms with van der Waals surface area (Å²) < 4.78 is 0. The molecule has 0 aliphatic heterocycles. The number of hydrogen-bond donors (Lipinski definition) is 1. The summed E-state index contributed by atoms with van der Waals surface area (Å²) in [5, 5.41) is 11.3. The van der Waals surface area contributed by atoms with Crippen LogP contribution in [0.1, 0.15) is 12.5 Å². The van der Waals surface area contributed by atoms with Gasteiger partial charge in [0.05, 0.1) is 6.54 Å². The molecule has 2 aromatic carbocycles. The van der Waals surface area contributed by atoms with Crippen LogP contribution in [0.3, 0.4) is 0 Å². The van der Waals surface area contributed by atoms with Crippen LogP contribution in [-0.2, 0) is 11.2 Å². The summed E-state index contributed by atoms with van der Waals surface area (Å²) in [5.74, 6) is -0.764. The molecule has 0 aliphatic rings. The number of aliphatic carboxylic acids is 1. The molecule has 3 heteroatoms. The molecule has 3 nitrogen and oxygen atoms in total. The standard InChI is InChI=1S/C16H19NO2/c1-2-17(12-16(18)19)10-9-13-7-8-14-5-3-4-6-15(14)11-13/h3-8,11H,2,9-10,12H2,1H3,(H,18,19). The lowest BCUT2D eigenvalue weighted by Gasteiger charge is -2.17. The van der Waals surface area contributed by atoms with Crippen molar-refractivity contribution in [3.8, 4) is 0 Å². The highest BCUT2D eigenvalue weighted by atomic mass is 16.4. The first-order valence-corrected chi connectivity index (χ1v) is 6.61. The van der Waals surface area contributed by atoms with Crippen molar-refractivity contribution in [3.63, 3.8) is 0 Å². The van der Waals surface area contributed by atoms with Crippen molar-refractivity contribution in [1.82, 2.24) is 4.90 Å². The lowest BCUT2D eigenvalue weighted by Crippen LogP contribution is -2.31. The number of hydrogen-bond acceptors (Lipinski definition) is 2. The van der Waals surface area contributed by atoms with E-state index in [2.05, 4.69) is 30.3 Å². The Balaban J connectivity index is 2.02. The van der Waals surface area contributed by atoms with E-state index in [0.717, 1.165) is 19.5 Å². The largest absolute Gasteiger partial charge is 0.480 e. The van der Waals surface area contributed by atoms with Crippen molar-refractivity contribution >= 4 is 16.7 Å². The Kier molecular flexibility index (Phi) is 4.53. The van der Waals surface area contributed by atoms with Gasteiger partial charge in [-0.2, -0.15) is 0 Å². The van der Waals surface area contributed by atoms with Crippen molar-refractivity contribution < 1.29 is 9.90 Å². The van der Waals surface area contributed by atoms with Crippen LogP contribution >= 0.6 is 0 Å². The molecule has 1 N–H and O–H groups in total. The molecule has 0 saturated heterocycles. The van der Waals surface area contributed by atoms with E-state index in [1.54, 1.807) is 0 Å². The number of carboxylic acids is 1. The van der Waals surface area contributed by atoms with Crippen LogP contribution in [0.5, 0.6) is 0 Å². The third-order valence-corrected chi connectivity index (χ3v) is 3.34. The highest BCUT2D eigenvalue weighted by Gasteiger charge is 2.07. The number of rotatable bonds is 6. The number of likely N-dealkylation sites (N-methyl/N-ethyl adjacent to an activating group) is 1. The van der Waals surface area contributed by atoms with Gasteiger partial charge in [-0.15, -0.1) is 0 Å². The zero-order valence-electron chi connectivity index (χ0n) is 11.2. The first-order valence-electron chi connectivity index (χ1n) is 6.61. The van der Waals surface area contributed by atoms with Crippen LogP contribution in [-0.4, -0.2) is 35.6 Å². The third-order valence-electron chi connectivity index (χ3n) is 3.34. The average Bonchev–Trinajstić information content (AvgIpc) is 2.42. The Bertz CT molecular complexity index is 565. The fourth-order valence-corrected chi connectivity index (χ4v) is 2.22. The Labute approximate surface area is 113 Å². The van der Waals surface area contributed by atoms with E-state index in [0.29, 0.717) is 0 Å². The molecule has 0 unspecified atom stereocenters. The van der Waals surface area contributed by atoms with Gasteiger partial charge in [-0.25, -0.2) is 0 Å². The molecule has 19 heavy (non-hydrogen) atoms. The van der Waals surface area contributed by atoms with Crippen LogP contribution in [0, 0.1) is 0 Å². The van der Waals surface area contributed by atoms with Crippen molar-refractivity contribution in [3.05, 3.63) is 48.0 Å². The topological polar surface area (TPSA) is 40.5 Å². The average molecular weight is 257 g/mol. The summed E-state index contributed by atoms with van der Waals surface area (Å²) in [6, 6.07) is 14.7. The van der Waals surface area contributed by atoms with Crippen molar-refractivity contribution in [2.24, 2.45) is 0 Å². The minimum absolute atomic E-state index is 0.115. The second kappa shape index (κ2) is 6.34. The molecule has 0 aliphatic carbocycles. The second-order valence-electron chi connectivity index (χ2n) is 4.69. The van der Waals surface area contributed by atoms with Gasteiger partial charge in [0.1, 0.15) is 0 Å². The van der Waals surface area contributed by atoms with Gasteiger partial charge in [-0.05, 0) is 29.3 Å². The fraction of sp³-hybridized carbons (Fsp3) is 0.312. The monoisotopic (exact) mass is 257 g/mol. The smallest absolute Gasteiger partial charge is 0.317 e. The Morgan fingerprint density at radius 2 is 1.89 bits per heavy atom. The van der Waals surface area contributed by atoms with Crippen LogP contribution in [0.2, 0.25) is 0 Å². The van der Waals surface area contributed by atoms with E-state index in [-0.39, 0.29) is 6.54 Å². The summed E-state index contributed by atoms with van der Waals surface area (Å²) in [6.45, 7) is 3.65. The minimum Gasteiger partial charge on any atom is -0.480 e. The lowest BCUT2D eigenvalue weighted by atomic mass is 10.1. The predicted molar refractivity (Wildman–Crippen MR) is 77.4 cm³/mol. The normalized spacial score (nSPS) is 11.1. The molecule has 0 bridgehead atoms. The Hall–Kier alpha value is -1.87. The van der Waals surface area contributed by atoms with Gasteiger partial charge >= 0.3 is 5.97 Å². The van der Waals surface area contributed by atoms with E-state index < -0.39 is 5.97 Å². The molecule has 0 saturated carbocycles. The highest BCUT2D eigenvalue weighted by molar-refractivity contribution is 5.82. The zero-order valence-corrected chi connectivity index (χ0v) is 11.2. The van der Waals surface area contributed by atoms with E-state index in [9.17, 15) is 4.79 Å². The van der Waals surface area contributed by atoms with E-state index >= 15 is 0 Å². The predicted octanol–water partition coefficient (Wildman–Crippen LogP) is 2.79. The maximum Gasteiger partial charge on any atom is 0.317 e. The van der Waals surface area contributed by atoms with Crippen LogP contribution in [0.25, 0.3) is 10.8 Å². The third kappa shape index (κ3) is 3.80. The molecule has 0 atom stereocenters. The summed E-state index contributed by atoms with van der Waals surface area (Å²) in [7, 11) is 0. The van der Waals surface area contributed by atoms with Crippen molar-refractivity contribution in [1.29, 1.82) is 0 Å². The van der Waals surface area contributed by atoms with Gasteiger partial charge in [-0.3, -0.25) is 9.69 Å². The molecule has 100 valence electrons. The fourth-order valence-electron chi connectivity index (χ4n) is 2.22. The molecular weight excluding hydrogens is 238 g/mol. The van der Waals surface area contributed by atoms with Gasteiger partial charge in [0.25, 0.3) is 0 Å². The quantitative estimate of drug-likeness (QED) is 0.865.